The highest BCUT2D eigenvalue weighted by Crippen LogP contribution is 2.43. The highest BCUT2D eigenvalue weighted by atomic mass is 28.4. The molecule has 0 spiro atoms. The number of ether oxygens (including phenoxy) is 1. The summed E-state index contributed by atoms with van der Waals surface area (Å²) in [5.74, 6) is 0. The van der Waals surface area contributed by atoms with E-state index in [1.165, 1.54) is 0 Å². The van der Waals surface area contributed by atoms with Crippen molar-refractivity contribution in [3.8, 4) is 0 Å². The average molecular weight is 418 g/mol. The monoisotopic (exact) mass is 417 g/mol. The Bertz CT molecular complexity index is 516. The lowest BCUT2D eigenvalue weighted by atomic mass is 9.70. The fourth-order valence-corrected chi connectivity index (χ4v) is 4.99. The highest BCUT2D eigenvalue weighted by Gasteiger charge is 2.47. The van der Waals surface area contributed by atoms with Crippen LogP contribution in [0.5, 0.6) is 0 Å². The normalized spacial score (nSPS) is 20.6. The highest BCUT2D eigenvalue weighted by molar-refractivity contribution is 6.74. The van der Waals surface area contributed by atoms with Crippen molar-refractivity contribution < 1.29 is 24.2 Å². The Morgan fingerprint density at radius 1 is 1.14 bits per heavy atom. The summed E-state index contributed by atoms with van der Waals surface area (Å²) in [5, 5.41) is 20.9. The van der Waals surface area contributed by atoms with Gasteiger partial charge in [-0.05, 0) is 65.1 Å². The molecule has 0 aromatic carbocycles. The molecule has 1 heterocycles. The van der Waals surface area contributed by atoms with Gasteiger partial charge in [0.05, 0.1) is 12.2 Å². The number of carbonyl (C=O) groups is 1. The molecule has 1 unspecified atom stereocenters. The fraction of sp³-hybridized carbons (Fsp3) is 0.952. The molecule has 1 aliphatic rings. The van der Waals surface area contributed by atoms with Crippen molar-refractivity contribution >= 4 is 14.4 Å². The summed E-state index contributed by atoms with van der Waals surface area (Å²) in [4.78, 5) is 14.1. The first-order valence-electron chi connectivity index (χ1n) is 10.5. The quantitative estimate of drug-likeness (QED) is 0.635. The van der Waals surface area contributed by atoms with E-state index in [9.17, 15) is 15.0 Å². The van der Waals surface area contributed by atoms with Crippen molar-refractivity contribution in [3.05, 3.63) is 0 Å². The van der Waals surface area contributed by atoms with E-state index in [-0.39, 0.29) is 23.8 Å². The smallest absolute Gasteiger partial charge is 0.410 e. The van der Waals surface area contributed by atoms with Crippen LogP contribution in [-0.2, 0) is 9.16 Å². The first-order chi connectivity index (χ1) is 12.5. The van der Waals surface area contributed by atoms with Gasteiger partial charge in [-0.15, -0.1) is 0 Å². The second kappa shape index (κ2) is 9.02. The first-order valence-corrected chi connectivity index (χ1v) is 13.4. The summed E-state index contributed by atoms with van der Waals surface area (Å²) in [7, 11) is -2.02. The van der Waals surface area contributed by atoms with Crippen LogP contribution in [-0.4, -0.2) is 67.0 Å². The molecular weight excluding hydrogens is 374 g/mol. The summed E-state index contributed by atoms with van der Waals surface area (Å²) < 4.78 is 11.9. The number of aliphatic hydroxyl groups is 2. The van der Waals surface area contributed by atoms with Crippen molar-refractivity contribution in [1.82, 2.24) is 4.90 Å². The molecule has 2 N–H and O–H groups in total. The zero-order valence-electron chi connectivity index (χ0n) is 19.5. The second-order valence-corrected chi connectivity index (χ2v) is 15.6. The molecule has 166 valence electrons. The van der Waals surface area contributed by atoms with Crippen molar-refractivity contribution in [2.24, 2.45) is 5.41 Å². The molecule has 28 heavy (non-hydrogen) atoms. The number of amides is 1. The number of aliphatic hydroxyl groups excluding tert-OH is 2. The van der Waals surface area contributed by atoms with E-state index in [1.807, 2.05) is 27.7 Å². The fourth-order valence-electron chi connectivity index (χ4n) is 3.58. The van der Waals surface area contributed by atoms with Crippen LogP contribution in [0.2, 0.25) is 18.1 Å². The van der Waals surface area contributed by atoms with Crippen molar-refractivity contribution in [2.45, 2.75) is 104 Å². The van der Waals surface area contributed by atoms with Crippen LogP contribution in [0.15, 0.2) is 0 Å². The Balaban J connectivity index is 2.86. The maximum absolute atomic E-state index is 12.4. The van der Waals surface area contributed by atoms with Gasteiger partial charge >= 0.3 is 6.09 Å². The van der Waals surface area contributed by atoms with Gasteiger partial charge in [-0.3, -0.25) is 0 Å². The maximum Gasteiger partial charge on any atom is 0.410 e. The zero-order chi connectivity index (χ0) is 22.0. The molecule has 2 atom stereocenters. The minimum Gasteiger partial charge on any atom is -0.444 e. The van der Waals surface area contributed by atoms with E-state index in [0.717, 1.165) is 0 Å². The first kappa shape index (κ1) is 25.4. The zero-order valence-corrected chi connectivity index (χ0v) is 20.5. The molecule has 0 saturated carbocycles. The third-order valence-corrected chi connectivity index (χ3v) is 11.0. The Morgan fingerprint density at radius 3 is 2.04 bits per heavy atom. The molecule has 0 aromatic heterocycles. The number of rotatable bonds is 6. The van der Waals surface area contributed by atoms with Gasteiger partial charge in [0, 0.05) is 25.1 Å². The molecule has 0 aromatic rings. The maximum atomic E-state index is 12.4. The van der Waals surface area contributed by atoms with E-state index in [1.54, 1.807) is 4.90 Å². The molecule has 1 rings (SSSR count). The summed E-state index contributed by atoms with van der Waals surface area (Å²) in [6, 6.07) is 0. The lowest BCUT2D eigenvalue weighted by molar-refractivity contribution is -0.0892. The minimum absolute atomic E-state index is 0.0102. The van der Waals surface area contributed by atoms with Gasteiger partial charge < -0.3 is 24.3 Å². The minimum atomic E-state index is -2.02. The predicted molar refractivity (Wildman–Crippen MR) is 115 cm³/mol. The number of likely N-dealkylation sites (tertiary alicyclic amines) is 1. The largest absolute Gasteiger partial charge is 0.444 e. The van der Waals surface area contributed by atoms with Crippen molar-refractivity contribution in [3.63, 3.8) is 0 Å². The number of hydrogen-bond donors (Lipinski definition) is 2. The Kier molecular flexibility index (Phi) is 8.18. The molecule has 1 fully saturated rings. The Labute approximate surface area is 172 Å². The standard InChI is InChI=1S/C21H43NO5Si/c1-16(27-28(8,9)20(5,6)7)17(24)21(12-15-23)10-13-22(14-11-21)18(25)26-19(2,3)4/h16-17,23-24H,10-15H2,1-9H3/t16-,17?/m0/s1. The van der Waals surface area contributed by atoms with Crippen LogP contribution >= 0.6 is 0 Å². The molecule has 1 aliphatic heterocycles. The molecule has 6 nitrogen and oxygen atoms in total. The van der Waals surface area contributed by atoms with Gasteiger partial charge in [-0.25, -0.2) is 4.79 Å². The van der Waals surface area contributed by atoms with Gasteiger partial charge in [0.1, 0.15) is 5.60 Å². The summed E-state index contributed by atoms with van der Waals surface area (Å²) >= 11 is 0. The van der Waals surface area contributed by atoms with Gasteiger partial charge in [-0.2, -0.15) is 0 Å². The van der Waals surface area contributed by atoms with E-state index in [0.29, 0.717) is 32.4 Å². The number of carbonyl (C=O) groups excluding carboxylic acids is 1. The van der Waals surface area contributed by atoms with Gasteiger partial charge in [0.2, 0.25) is 0 Å². The van der Waals surface area contributed by atoms with Crippen LogP contribution < -0.4 is 0 Å². The lowest BCUT2D eigenvalue weighted by Crippen LogP contribution is -2.55. The number of nitrogens with zero attached hydrogens (tertiary/aromatic N) is 1. The predicted octanol–water partition coefficient (Wildman–Crippen LogP) is 4.16. The van der Waals surface area contributed by atoms with Gasteiger partial charge in [0.15, 0.2) is 8.32 Å². The third-order valence-electron chi connectivity index (χ3n) is 6.38. The van der Waals surface area contributed by atoms with Gasteiger partial charge in [-0.1, -0.05) is 20.8 Å². The van der Waals surface area contributed by atoms with Crippen LogP contribution in [0.25, 0.3) is 0 Å². The lowest BCUT2D eigenvalue weighted by Gasteiger charge is -2.48. The van der Waals surface area contributed by atoms with Crippen LogP contribution in [0.1, 0.15) is 67.7 Å². The molecule has 1 saturated heterocycles. The molecule has 7 heteroatoms. The molecule has 0 bridgehead atoms. The summed E-state index contributed by atoms with van der Waals surface area (Å²) in [6.45, 7) is 19.4. The van der Waals surface area contributed by atoms with E-state index in [4.69, 9.17) is 9.16 Å². The van der Waals surface area contributed by atoms with Crippen molar-refractivity contribution in [1.29, 1.82) is 0 Å². The van der Waals surface area contributed by atoms with Crippen LogP contribution in [0.3, 0.4) is 0 Å². The molecular formula is C21H43NO5Si. The number of hydrogen-bond acceptors (Lipinski definition) is 5. The SMILES string of the molecule is C[C@H](O[Si](C)(C)C(C)(C)C)C(O)C1(CCO)CCN(C(=O)OC(C)(C)C)CC1. The van der Waals surface area contributed by atoms with Crippen molar-refractivity contribution in [2.75, 3.05) is 19.7 Å². The summed E-state index contributed by atoms with van der Waals surface area (Å²) in [5.41, 5.74) is -0.975. The number of piperidine rings is 1. The Hall–Kier alpha value is -0.633. The van der Waals surface area contributed by atoms with E-state index in [2.05, 4.69) is 33.9 Å². The van der Waals surface area contributed by atoms with Gasteiger partial charge in [0.25, 0.3) is 0 Å². The van der Waals surface area contributed by atoms with E-state index >= 15 is 0 Å². The average Bonchev–Trinajstić information content (AvgIpc) is 2.51. The van der Waals surface area contributed by atoms with Crippen LogP contribution in [0.4, 0.5) is 4.79 Å². The van der Waals surface area contributed by atoms with E-state index < -0.39 is 25.4 Å². The molecule has 1 amide bonds. The Morgan fingerprint density at radius 2 is 1.64 bits per heavy atom. The van der Waals surface area contributed by atoms with Crippen LogP contribution in [0, 0.1) is 5.41 Å². The topological polar surface area (TPSA) is 79.2 Å². The molecule has 0 radical (unpaired) electrons. The second-order valence-electron chi connectivity index (χ2n) is 10.8. The third kappa shape index (κ3) is 6.44. The molecule has 0 aliphatic carbocycles. The summed E-state index contributed by atoms with van der Waals surface area (Å²) in [6.07, 6.45) is 0.431.